The molecule has 26 heavy (non-hydrogen) atoms. The molecule has 2 amide bonds. The zero-order valence-electron chi connectivity index (χ0n) is 14.7. The molecule has 0 spiro atoms. The van der Waals surface area contributed by atoms with E-state index in [1.165, 1.54) is 17.0 Å². The summed E-state index contributed by atoms with van der Waals surface area (Å²) in [5.41, 5.74) is 1.36. The minimum Gasteiger partial charge on any atom is -0.489 e. The number of carbonyl (C=O) groups excluding carboxylic acids is 2. The molecule has 2 aromatic carbocycles. The molecule has 0 aromatic heterocycles. The van der Waals surface area contributed by atoms with Crippen molar-refractivity contribution >= 4 is 17.9 Å². The maximum atomic E-state index is 13.4. The van der Waals surface area contributed by atoms with Crippen LogP contribution in [0, 0.1) is 5.82 Å². The topological polar surface area (TPSA) is 58.6 Å². The molecule has 0 saturated carbocycles. The van der Waals surface area contributed by atoms with Gasteiger partial charge in [0.2, 0.25) is 5.91 Å². The number of halogens is 1. The summed E-state index contributed by atoms with van der Waals surface area (Å²) in [6.07, 6.45) is 3.11. The Hall–Kier alpha value is -3.15. The molecule has 0 aliphatic rings. The van der Waals surface area contributed by atoms with E-state index in [0.717, 1.165) is 5.56 Å². The van der Waals surface area contributed by atoms with Gasteiger partial charge in [-0.05, 0) is 35.9 Å². The van der Waals surface area contributed by atoms with Crippen LogP contribution in [0.1, 0.15) is 15.9 Å². The summed E-state index contributed by atoms with van der Waals surface area (Å²) in [6, 6.07) is 13.0. The third-order valence-electron chi connectivity index (χ3n) is 3.72. The molecule has 0 radical (unpaired) electrons. The Kier molecular flexibility index (Phi) is 6.91. The van der Waals surface area contributed by atoms with Gasteiger partial charge in [-0.2, -0.15) is 0 Å². The maximum absolute atomic E-state index is 13.4. The molecular formula is C20H21FN2O3. The fourth-order valence-corrected chi connectivity index (χ4v) is 2.15. The Morgan fingerprint density at radius 2 is 1.85 bits per heavy atom. The van der Waals surface area contributed by atoms with E-state index in [2.05, 4.69) is 5.32 Å². The minimum atomic E-state index is -0.429. The van der Waals surface area contributed by atoms with Crippen molar-refractivity contribution in [2.24, 2.45) is 0 Å². The van der Waals surface area contributed by atoms with Gasteiger partial charge in [0.1, 0.15) is 6.61 Å². The van der Waals surface area contributed by atoms with Crippen molar-refractivity contribution in [2.75, 3.05) is 27.2 Å². The first-order chi connectivity index (χ1) is 12.5. The average Bonchev–Trinajstić information content (AvgIpc) is 2.67. The van der Waals surface area contributed by atoms with E-state index >= 15 is 0 Å². The SMILES string of the molecule is CNC(=O)c1ccc(/C=C/C(=O)N(C)CCOc2ccccc2F)cc1. The van der Waals surface area contributed by atoms with Crippen LogP contribution in [-0.2, 0) is 4.79 Å². The van der Waals surface area contributed by atoms with Crippen LogP contribution in [0.3, 0.4) is 0 Å². The smallest absolute Gasteiger partial charge is 0.251 e. The van der Waals surface area contributed by atoms with Crippen LogP contribution in [0.25, 0.3) is 6.08 Å². The summed E-state index contributed by atoms with van der Waals surface area (Å²) < 4.78 is 18.8. The molecule has 5 nitrogen and oxygen atoms in total. The van der Waals surface area contributed by atoms with Gasteiger partial charge in [0, 0.05) is 25.7 Å². The normalized spacial score (nSPS) is 10.6. The zero-order valence-corrected chi connectivity index (χ0v) is 14.7. The number of nitrogens with one attached hydrogen (secondary N) is 1. The Morgan fingerprint density at radius 1 is 1.15 bits per heavy atom. The fourth-order valence-electron chi connectivity index (χ4n) is 2.15. The van der Waals surface area contributed by atoms with E-state index in [1.807, 2.05) is 0 Å². The molecule has 136 valence electrons. The Balaban J connectivity index is 1.83. The summed E-state index contributed by atoms with van der Waals surface area (Å²) >= 11 is 0. The average molecular weight is 356 g/mol. The Bertz CT molecular complexity index is 788. The molecule has 0 fully saturated rings. The van der Waals surface area contributed by atoms with Gasteiger partial charge in [-0.1, -0.05) is 24.3 Å². The van der Waals surface area contributed by atoms with Crippen LogP contribution in [0.5, 0.6) is 5.75 Å². The molecule has 0 heterocycles. The van der Waals surface area contributed by atoms with E-state index in [9.17, 15) is 14.0 Å². The van der Waals surface area contributed by atoms with Gasteiger partial charge < -0.3 is 15.0 Å². The number of likely N-dealkylation sites (N-methyl/N-ethyl adjacent to an activating group) is 1. The molecule has 1 N–H and O–H groups in total. The highest BCUT2D eigenvalue weighted by molar-refractivity contribution is 5.94. The summed E-state index contributed by atoms with van der Waals surface area (Å²) in [7, 11) is 3.21. The van der Waals surface area contributed by atoms with Gasteiger partial charge >= 0.3 is 0 Å². The summed E-state index contributed by atoms with van der Waals surface area (Å²) in [5.74, 6) is -0.620. The quantitative estimate of drug-likeness (QED) is 0.776. The van der Waals surface area contributed by atoms with Gasteiger partial charge in [0.25, 0.3) is 5.91 Å². The molecule has 0 atom stereocenters. The Labute approximate surface area is 152 Å². The van der Waals surface area contributed by atoms with Gasteiger partial charge in [-0.15, -0.1) is 0 Å². The second-order valence-corrected chi connectivity index (χ2v) is 5.57. The lowest BCUT2D eigenvalue weighted by Gasteiger charge is -2.15. The fraction of sp³-hybridized carbons (Fsp3) is 0.200. The standard InChI is InChI=1S/C20H21FN2O3/c1-22-20(25)16-10-7-15(8-11-16)9-12-19(24)23(2)13-14-26-18-6-4-3-5-17(18)21/h3-12H,13-14H2,1-2H3,(H,22,25)/b12-9+. The van der Waals surface area contributed by atoms with Crippen molar-refractivity contribution < 1.29 is 18.7 Å². The summed E-state index contributed by atoms with van der Waals surface area (Å²) in [5, 5.41) is 2.55. The van der Waals surface area contributed by atoms with Crippen LogP contribution in [0.4, 0.5) is 4.39 Å². The molecule has 6 heteroatoms. The third-order valence-corrected chi connectivity index (χ3v) is 3.72. The first-order valence-electron chi connectivity index (χ1n) is 8.14. The van der Waals surface area contributed by atoms with E-state index in [0.29, 0.717) is 12.1 Å². The predicted octanol–water partition coefficient (Wildman–Crippen LogP) is 2.74. The summed E-state index contributed by atoms with van der Waals surface area (Å²) in [4.78, 5) is 25.1. The van der Waals surface area contributed by atoms with Crippen molar-refractivity contribution in [3.8, 4) is 5.75 Å². The van der Waals surface area contributed by atoms with E-state index < -0.39 is 5.82 Å². The number of ether oxygens (including phenoxy) is 1. The Morgan fingerprint density at radius 3 is 2.50 bits per heavy atom. The minimum absolute atomic E-state index is 0.161. The molecule has 0 unspecified atom stereocenters. The van der Waals surface area contributed by atoms with E-state index in [-0.39, 0.29) is 24.2 Å². The highest BCUT2D eigenvalue weighted by atomic mass is 19.1. The van der Waals surface area contributed by atoms with Gasteiger partial charge in [-0.3, -0.25) is 9.59 Å². The van der Waals surface area contributed by atoms with E-state index in [1.54, 1.807) is 62.6 Å². The number of benzene rings is 2. The predicted molar refractivity (Wildman–Crippen MR) is 98.4 cm³/mol. The zero-order chi connectivity index (χ0) is 18.9. The number of nitrogens with zero attached hydrogens (tertiary/aromatic N) is 1. The van der Waals surface area contributed by atoms with Crippen molar-refractivity contribution in [2.45, 2.75) is 0 Å². The van der Waals surface area contributed by atoms with Crippen molar-refractivity contribution in [1.29, 1.82) is 0 Å². The summed E-state index contributed by atoms with van der Waals surface area (Å²) in [6.45, 7) is 0.519. The molecule has 0 saturated heterocycles. The monoisotopic (exact) mass is 356 g/mol. The molecule has 2 aromatic rings. The highest BCUT2D eigenvalue weighted by Crippen LogP contribution is 2.15. The van der Waals surface area contributed by atoms with Crippen LogP contribution in [0.2, 0.25) is 0 Å². The van der Waals surface area contributed by atoms with Crippen LogP contribution in [-0.4, -0.2) is 44.0 Å². The second kappa shape index (κ2) is 9.36. The molecule has 0 aliphatic carbocycles. The van der Waals surface area contributed by atoms with E-state index in [4.69, 9.17) is 4.74 Å². The lowest BCUT2D eigenvalue weighted by molar-refractivity contribution is -0.125. The number of carbonyl (C=O) groups is 2. The van der Waals surface area contributed by atoms with Crippen molar-refractivity contribution in [3.05, 3.63) is 71.6 Å². The van der Waals surface area contributed by atoms with Gasteiger partial charge in [0.15, 0.2) is 11.6 Å². The van der Waals surface area contributed by atoms with Crippen LogP contribution < -0.4 is 10.1 Å². The third kappa shape index (κ3) is 5.44. The molecule has 0 bridgehead atoms. The maximum Gasteiger partial charge on any atom is 0.251 e. The number of hydrogen-bond donors (Lipinski definition) is 1. The number of rotatable bonds is 7. The number of para-hydroxylation sites is 1. The van der Waals surface area contributed by atoms with Crippen molar-refractivity contribution in [3.63, 3.8) is 0 Å². The van der Waals surface area contributed by atoms with Crippen LogP contribution in [0.15, 0.2) is 54.6 Å². The van der Waals surface area contributed by atoms with Crippen molar-refractivity contribution in [1.82, 2.24) is 10.2 Å². The lowest BCUT2D eigenvalue weighted by Crippen LogP contribution is -2.29. The lowest BCUT2D eigenvalue weighted by atomic mass is 10.1. The number of amides is 2. The van der Waals surface area contributed by atoms with Crippen LogP contribution >= 0.6 is 0 Å². The molecule has 2 rings (SSSR count). The molecule has 0 aliphatic heterocycles. The number of hydrogen-bond acceptors (Lipinski definition) is 3. The molecular weight excluding hydrogens is 335 g/mol. The second-order valence-electron chi connectivity index (χ2n) is 5.57. The first-order valence-corrected chi connectivity index (χ1v) is 8.14. The highest BCUT2D eigenvalue weighted by Gasteiger charge is 2.07. The first kappa shape index (κ1) is 19.2. The van der Waals surface area contributed by atoms with Gasteiger partial charge in [0.05, 0.1) is 6.54 Å². The van der Waals surface area contributed by atoms with Gasteiger partial charge in [-0.25, -0.2) is 4.39 Å². The largest absolute Gasteiger partial charge is 0.489 e.